The number of hydrogen-bond donors (Lipinski definition) is 2. The second kappa shape index (κ2) is 8.91. The standard InChI is InChI=1S/C28H28ClN5O2/c1-16(27(35)36)23-15-34(25-6-4-3-5-21(23)25)26-24(29)13-30-28(32-26)31-19-11-18-14-33(2)10-9-20(18)22(12-19)17-7-8-17/h3-6,11-13,15-17H,7-10,14H2,1-2H3,(H,35,36)(H,30,31,32). The number of anilines is 2. The van der Waals surface area contributed by atoms with E-state index in [0.29, 0.717) is 22.7 Å². The third-order valence-electron chi connectivity index (χ3n) is 7.37. The third-order valence-corrected chi connectivity index (χ3v) is 7.63. The molecule has 1 atom stereocenters. The number of nitrogens with zero attached hydrogens (tertiary/aromatic N) is 4. The average molecular weight is 502 g/mol. The molecule has 0 radical (unpaired) electrons. The van der Waals surface area contributed by atoms with E-state index in [-0.39, 0.29) is 0 Å². The number of fused-ring (bicyclic) bond motifs is 2. The molecule has 184 valence electrons. The van der Waals surface area contributed by atoms with Crippen LogP contribution in [0.3, 0.4) is 0 Å². The van der Waals surface area contributed by atoms with Crippen LogP contribution in [0, 0.1) is 0 Å². The number of benzene rings is 2. The highest BCUT2D eigenvalue weighted by Crippen LogP contribution is 2.44. The summed E-state index contributed by atoms with van der Waals surface area (Å²) in [6, 6.07) is 12.2. The summed E-state index contributed by atoms with van der Waals surface area (Å²) in [6.45, 7) is 3.72. The molecule has 7 nitrogen and oxygen atoms in total. The lowest BCUT2D eigenvalue weighted by Crippen LogP contribution is -2.27. The molecule has 1 aliphatic heterocycles. The molecule has 1 fully saturated rings. The van der Waals surface area contributed by atoms with Gasteiger partial charge in [0.15, 0.2) is 5.82 Å². The largest absolute Gasteiger partial charge is 0.481 e. The molecule has 1 aliphatic carbocycles. The van der Waals surface area contributed by atoms with E-state index in [2.05, 4.69) is 34.4 Å². The predicted molar refractivity (Wildman–Crippen MR) is 142 cm³/mol. The number of para-hydroxylation sites is 1. The molecular weight excluding hydrogens is 474 g/mol. The van der Waals surface area contributed by atoms with Gasteiger partial charge in [-0.25, -0.2) is 4.98 Å². The van der Waals surface area contributed by atoms with Crippen molar-refractivity contribution in [3.8, 4) is 5.82 Å². The fourth-order valence-corrected chi connectivity index (χ4v) is 5.46. The van der Waals surface area contributed by atoms with Gasteiger partial charge in [-0.15, -0.1) is 0 Å². The van der Waals surface area contributed by atoms with Gasteiger partial charge in [-0.05, 0) is 79.6 Å². The van der Waals surface area contributed by atoms with Crippen molar-refractivity contribution in [2.45, 2.75) is 44.6 Å². The molecule has 1 saturated carbocycles. The number of halogens is 1. The van der Waals surface area contributed by atoms with Crippen molar-refractivity contribution in [1.29, 1.82) is 0 Å². The smallest absolute Gasteiger partial charge is 0.310 e. The van der Waals surface area contributed by atoms with Crippen LogP contribution in [-0.4, -0.2) is 44.1 Å². The fourth-order valence-electron chi connectivity index (χ4n) is 5.28. The minimum Gasteiger partial charge on any atom is -0.481 e. The van der Waals surface area contributed by atoms with Gasteiger partial charge in [-0.1, -0.05) is 29.8 Å². The summed E-state index contributed by atoms with van der Waals surface area (Å²) in [5.74, 6) is 0.0778. The van der Waals surface area contributed by atoms with Crippen LogP contribution in [0.25, 0.3) is 16.7 Å². The molecule has 3 heterocycles. The lowest BCUT2D eigenvalue weighted by atomic mass is 9.91. The number of rotatable bonds is 6. The topological polar surface area (TPSA) is 83.3 Å². The Labute approximate surface area is 214 Å². The van der Waals surface area contributed by atoms with Gasteiger partial charge in [-0.2, -0.15) is 4.98 Å². The molecule has 8 heteroatoms. The Bertz CT molecular complexity index is 1490. The molecule has 0 amide bonds. The first-order valence-corrected chi connectivity index (χ1v) is 12.7. The molecule has 4 aromatic rings. The highest BCUT2D eigenvalue weighted by Gasteiger charge is 2.29. The number of aliphatic carboxylic acids is 1. The van der Waals surface area contributed by atoms with Crippen molar-refractivity contribution in [3.05, 3.63) is 76.1 Å². The van der Waals surface area contributed by atoms with Gasteiger partial charge in [0.25, 0.3) is 0 Å². The number of hydrogen-bond acceptors (Lipinski definition) is 5. The predicted octanol–water partition coefficient (Wildman–Crippen LogP) is 5.87. The van der Waals surface area contributed by atoms with Crippen LogP contribution in [0.4, 0.5) is 11.6 Å². The van der Waals surface area contributed by atoms with E-state index in [1.165, 1.54) is 29.5 Å². The highest BCUT2D eigenvalue weighted by molar-refractivity contribution is 6.32. The Morgan fingerprint density at radius 2 is 2.06 bits per heavy atom. The molecule has 0 saturated heterocycles. The van der Waals surface area contributed by atoms with E-state index in [1.807, 2.05) is 35.0 Å². The van der Waals surface area contributed by atoms with E-state index < -0.39 is 11.9 Å². The van der Waals surface area contributed by atoms with Crippen molar-refractivity contribution >= 4 is 40.1 Å². The molecule has 36 heavy (non-hydrogen) atoms. The lowest BCUT2D eigenvalue weighted by Gasteiger charge is -2.28. The van der Waals surface area contributed by atoms with Crippen molar-refractivity contribution in [3.63, 3.8) is 0 Å². The molecule has 0 bridgehead atoms. The normalized spacial score (nSPS) is 16.6. The van der Waals surface area contributed by atoms with Crippen molar-refractivity contribution in [2.24, 2.45) is 0 Å². The highest BCUT2D eigenvalue weighted by atomic mass is 35.5. The molecule has 2 aliphatic rings. The molecule has 6 rings (SSSR count). The zero-order valence-electron chi connectivity index (χ0n) is 20.3. The van der Waals surface area contributed by atoms with E-state index in [1.54, 1.807) is 13.1 Å². The summed E-state index contributed by atoms with van der Waals surface area (Å²) in [4.78, 5) is 23.3. The molecule has 0 spiro atoms. The Hall–Kier alpha value is -3.42. The number of carboxylic acid groups (broad SMARTS) is 1. The van der Waals surface area contributed by atoms with Crippen LogP contribution in [-0.2, 0) is 17.8 Å². The average Bonchev–Trinajstić information content (AvgIpc) is 3.64. The maximum absolute atomic E-state index is 11.7. The van der Waals surface area contributed by atoms with E-state index in [9.17, 15) is 9.90 Å². The van der Waals surface area contributed by atoms with Gasteiger partial charge in [-0.3, -0.25) is 9.36 Å². The monoisotopic (exact) mass is 501 g/mol. The number of carbonyl (C=O) groups is 1. The summed E-state index contributed by atoms with van der Waals surface area (Å²) >= 11 is 6.58. The Balaban J connectivity index is 1.40. The maximum Gasteiger partial charge on any atom is 0.310 e. The summed E-state index contributed by atoms with van der Waals surface area (Å²) < 4.78 is 1.86. The maximum atomic E-state index is 11.7. The number of likely N-dealkylation sites (N-methyl/N-ethyl adjacent to an activating group) is 1. The van der Waals surface area contributed by atoms with Crippen LogP contribution in [0.2, 0.25) is 5.02 Å². The van der Waals surface area contributed by atoms with Crippen molar-refractivity contribution < 1.29 is 9.90 Å². The summed E-state index contributed by atoms with van der Waals surface area (Å²) in [7, 11) is 2.16. The minimum absolute atomic E-state index is 0.390. The van der Waals surface area contributed by atoms with E-state index in [4.69, 9.17) is 16.6 Å². The van der Waals surface area contributed by atoms with Crippen molar-refractivity contribution in [2.75, 3.05) is 18.9 Å². The second-order valence-corrected chi connectivity index (χ2v) is 10.4. The second-order valence-electron chi connectivity index (χ2n) is 9.99. The van der Waals surface area contributed by atoms with Crippen molar-refractivity contribution in [1.82, 2.24) is 19.4 Å². The number of aromatic nitrogens is 3. The fraction of sp³-hybridized carbons (Fsp3) is 0.321. The summed E-state index contributed by atoms with van der Waals surface area (Å²) in [5.41, 5.74) is 6.89. The summed E-state index contributed by atoms with van der Waals surface area (Å²) in [5, 5.41) is 14.3. The van der Waals surface area contributed by atoms with Crippen LogP contribution in [0.1, 0.15) is 53.9 Å². The SMILES string of the molecule is CC(C(=O)O)c1cn(-c2nc(Nc3cc4c(c(C5CC5)c3)CCN(C)C4)ncc2Cl)c2ccccc12. The molecule has 2 aromatic heterocycles. The number of nitrogens with one attached hydrogen (secondary N) is 1. The summed E-state index contributed by atoms with van der Waals surface area (Å²) in [6.07, 6.45) is 7.02. The van der Waals surface area contributed by atoms with Gasteiger partial charge in [0.05, 0.1) is 17.6 Å². The van der Waals surface area contributed by atoms with Crippen LogP contribution in [0.15, 0.2) is 48.8 Å². The first kappa shape index (κ1) is 23.0. The van der Waals surface area contributed by atoms with Gasteiger partial charge < -0.3 is 15.3 Å². The van der Waals surface area contributed by atoms with Crippen LogP contribution < -0.4 is 5.32 Å². The molecule has 2 aromatic carbocycles. The zero-order chi connectivity index (χ0) is 25.0. The quantitative estimate of drug-likeness (QED) is 0.344. The minimum atomic E-state index is -0.876. The van der Waals surface area contributed by atoms with E-state index >= 15 is 0 Å². The van der Waals surface area contributed by atoms with Crippen LogP contribution in [0.5, 0.6) is 0 Å². The van der Waals surface area contributed by atoms with Gasteiger partial charge in [0, 0.05) is 30.4 Å². The molecule has 2 N–H and O–H groups in total. The Kier molecular flexibility index (Phi) is 5.69. The van der Waals surface area contributed by atoms with E-state index in [0.717, 1.165) is 41.7 Å². The first-order chi connectivity index (χ1) is 17.4. The van der Waals surface area contributed by atoms with Gasteiger partial charge >= 0.3 is 5.97 Å². The number of carboxylic acids is 1. The zero-order valence-corrected chi connectivity index (χ0v) is 21.1. The first-order valence-electron chi connectivity index (χ1n) is 12.4. The Morgan fingerprint density at radius 1 is 1.25 bits per heavy atom. The molecular formula is C28H28ClN5O2. The Morgan fingerprint density at radius 3 is 2.83 bits per heavy atom. The van der Waals surface area contributed by atoms with Crippen LogP contribution >= 0.6 is 11.6 Å². The molecule has 1 unspecified atom stereocenters. The lowest BCUT2D eigenvalue weighted by molar-refractivity contribution is -0.138. The van der Waals surface area contributed by atoms with Gasteiger partial charge in [0.1, 0.15) is 5.02 Å². The third kappa shape index (κ3) is 4.12. The van der Waals surface area contributed by atoms with Gasteiger partial charge in [0.2, 0.25) is 5.95 Å².